The second-order valence-corrected chi connectivity index (χ2v) is 5.85. The highest BCUT2D eigenvalue weighted by molar-refractivity contribution is 7.97. The predicted molar refractivity (Wildman–Crippen MR) is 89.2 cm³/mol. The van der Waals surface area contributed by atoms with Crippen molar-refractivity contribution in [1.82, 2.24) is 4.98 Å². The van der Waals surface area contributed by atoms with Crippen molar-refractivity contribution in [2.24, 2.45) is 0 Å². The van der Waals surface area contributed by atoms with Gasteiger partial charge >= 0.3 is 0 Å². The summed E-state index contributed by atoms with van der Waals surface area (Å²) in [5, 5.41) is 3.33. The number of aryl methyl sites for hydroxylation is 1. The third kappa shape index (κ3) is 4.57. The molecule has 0 saturated carbocycles. The van der Waals surface area contributed by atoms with Crippen molar-refractivity contribution in [3.05, 3.63) is 59.3 Å². The summed E-state index contributed by atoms with van der Waals surface area (Å²) >= 11 is 1.92. The minimum atomic E-state index is 0.954. The summed E-state index contributed by atoms with van der Waals surface area (Å²) in [5.74, 6) is 2.98. The number of nitrogens with one attached hydrogen (secondary N) is 1. The second kappa shape index (κ2) is 7.95. The molecule has 0 radical (unpaired) electrons. The Bertz CT molecular complexity index is 540. The van der Waals surface area contributed by atoms with E-state index in [-0.39, 0.29) is 0 Å². The standard InChI is InChI=1S/C17H22N2S/c1-3-11-18-17-10-6-9-16(19-17)13-20-12-15-8-5-4-7-14(15)2/h4-10H,3,11-13H2,1-2H3,(H,18,19). The fourth-order valence-corrected chi connectivity index (χ4v) is 2.96. The minimum absolute atomic E-state index is 0.954. The van der Waals surface area contributed by atoms with Crippen LogP contribution in [-0.4, -0.2) is 11.5 Å². The molecule has 106 valence electrons. The summed E-state index contributed by atoms with van der Waals surface area (Å²) < 4.78 is 0. The first kappa shape index (κ1) is 14.9. The largest absolute Gasteiger partial charge is 0.370 e. The molecule has 0 amide bonds. The molecule has 2 nitrogen and oxygen atoms in total. The molecule has 1 N–H and O–H groups in total. The highest BCUT2D eigenvalue weighted by Crippen LogP contribution is 2.19. The van der Waals surface area contributed by atoms with E-state index in [9.17, 15) is 0 Å². The number of aromatic nitrogens is 1. The van der Waals surface area contributed by atoms with Gasteiger partial charge in [0.15, 0.2) is 0 Å². The summed E-state index contributed by atoms with van der Waals surface area (Å²) in [6.07, 6.45) is 1.12. The fourth-order valence-electron chi connectivity index (χ4n) is 1.95. The van der Waals surface area contributed by atoms with Crippen LogP contribution in [0.25, 0.3) is 0 Å². The van der Waals surface area contributed by atoms with Crippen LogP contribution in [-0.2, 0) is 11.5 Å². The Labute approximate surface area is 126 Å². The molecule has 1 heterocycles. The molecule has 0 saturated heterocycles. The van der Waals surface area contributed by atoms with Crippen LogP contribution >= 0.6 is 11.8 Å². The lowest BCUT2D eigenvalue weighted by Gasteiger charge is -2.07. The van der Waals surface area contributed by atoms with Crippen molar-refractivity contribution in [3.8, 4) is 0 Å². The Morgan fingerprint density at radius 1 is 1.05 bits per heavy atom. The van der Waals surface area contributed by atoms with Gasteiger partial charge in [0.2, 0.25) is 0 Å². The van der Waals surface area contributed by atoms with Gasteiger partial charge in [-0.1, -0.05) is 37.3 Å². The SMILES string of the molecule is CCCNc1cccc(CSCc2ccccc2C)n1. The van der Waals surface area contributed by atoms with Crippen molar-refractivity contribution in [1.29, 1.82) is 0 Å². The van der Waals surface area contributed by atoms with E-state index in [0.717, 1.165) is 36.0 Å². The molecule has 0 bridgehead atoms. The quantitative estimate of drug-likeness (QED) is 0.802. The summed E-state index contributed by atoms with van der Waals surface area (Å²) in [6, 6.07) is 14.8. The molecule has 0 aliphatic rings. The maximum Gasteiger partial charge on any atom is 0.126 e. The van der Waals surface area contributed by atoms with E-state index in [1.807, 2.05) is 17.8 Å². The van der Waals surface area contributed by atoms with Gasteiger partial charge in [-0.25, -0.2) is 4.98 Å². The molecule has 20 heavy (non-hydrogen) atoms. The molecular weight excluding hydrogens is 264 g/mol. The molecule has 2 aromatic rings. The first-order valence-corrected chi connectivity index (χ1v) is 8.27. The highest BCUT2D eigenvalue weighted by Gasteiger charge is 2.00. The molecule has 0 unspecified atom stereocenters. The molecule has 3 heteroatoms. The molecule has 2 rings (SSSR count). The van der Waals surface area contributed by atoms with Crippen LogP contribution < -0.4 is 5.32 Å². The van der Waals surface area contributed by atoms with Crippen LogP contribution in [0.3, 0.4) is 0 Å². The lowest BCUT2D eigenvalue weighted by atomic mass is 10.1. The lowest BCUT2D eigenvalue weighted by Crippen LogP contribution is -2.02. The van der Waals surface area contributed by atoms with Crippen molar-refractivity contribution < 1.29 is 0 Å². The van der Waals surface area contributed by atoms with E-state index < -0.39 is 0 Å². The smallest absolute Gasteiger partial charge is 0.126 e. The number of rotatable bonds is 7. The number of benzene rings is 1. The van der Waals surface area contributed by atoms with E-state index in [2.05, 4.69) is 60.5 Å². The van der Waals surface area contributed by atoms with Crippen LogP contribution in [0, 0.1) is 6.92 Å². The van der Waals surface area contributed by atoms with Crippen molar-refractivity contribution in [2.45, 2.75) is 31.8 Å². The van der Waals surface area contributed by atoms with Gasteiger partial charge in [-0.15, -0.1) is 0 Å². The predicted octanol–water partition coefficient (Wildman–Crippen LogP) is 4.65. The molecule has 1 aromatic carbocycles. The fraction of sp³-hybridized carbons (Fsp3) is 0.353. The zero-order valence-corrected chi connectivity index (χ0v) is 13.0. The Kier molecular flexibility index (Phi) is 5.93. The molecule has 1 aromatic heterocycles. The van der Waals surface area contributed by atoms with Crippen LogP contribution in [0.5, 0.6) is 0 Å². The normalized spacial score (nSPS) is 10.5. The Balaban J connectivity index is 1.86. The topological polar surface area (TPSA) is 24.9 Å². The van der Waals surface area contributed by atoms with E-state index in [0.29, 0.717) is 0 Å². The van der Waals surface area contributed by atoms with E-state index in [1.165, 1.54) is 11.1 Å². The first-order valence-electron chi connectivity index (χ1n) is 7.11. The number of pyridine rings is 1. The average molecular weight is 286 g/mol. The van der Waals surface area contributed by atoms with Crippen LogP contribution in [0.4, 0.5) is 5.82 Å². The van der Waals surface area contributed by atoms with E-state index in [1.54, 1.807) is 0 Å². The van der Waals surface area contributed by atoms with Crippen molar-refractivity contribution in [3.63, 3.8) is 0 Å². The van der Waals surface area contributed by atoms with Gasteiger partial charge in [0.1, 0.15) is 5.82 Å². The van der Waals surface area contributed by atoms with Crippen LogP contribution in [0.15, 0.2) is 42.5 Å². The van der Waals surface area contributed by atoms with Crippen LogP contribution in [0.1, 0.15) is 30.2 Å². The van der Waals surface area contributed by atoms with Crippen LogP contribution in [0.2, 0.25) is 0 Å². The van der Waals surface area contributed by atoms with E-state index in [4.69, 9.17) is 0 Å². The monoisotopic (exact) mass is 286 g/mol. The molecule has 0 atom stereocenters. The number of thioether (sulfide) groups is 1. The average Bonchev–Trinajstić information content (AvgIpc) is 2.48. The third-order valence-electron chi connectivity index (χ3n) is 3.13. The van der Waals surface area contributed by atoms with Crippen molar-refractivity contribution in [2.75, 3.05) is 11.9 Å². The van der Waals surface area contributed by atoms with Gasteiger partial charge < -0.3 is 5.32 Å². The zero-order valence-electron chi connectivity index (χ0n) is 12.2. The molecule has 0 aliphatic heterocycles. The van der Waals surface area contributed by atoms with Gasteiger partial charge in [0.25, 0.3) is 0 Å². The van der Waals surface area contributed by atoms with Gasteiger partial charge in [-0.2, -0.15) is 11.8 Å². The van der Waals surface area contributed by atoms with Gasteiger partial charge in [-0.3, -0.25) is 0 Å². The molecular formula is C17H22N2S. The van der Waals surface area contributed by atoms with Gasteiger partial charge in [0.05, 0.1) is 5.69 Å². The van der Waals surface area contributed by atoms with E-state index >= 15 is 0 Å². The minimum Gasteiger partial charge on any atom is -0.370 e. The molecule has 0 spiro atoms. The van der Waals surface area contributed by atoms with Gasteiger partial charge in [0, 0.05) is 18.1 Å². The maximum absolute atomic E-state index is 4.63. The molecule has 0 aliphatic carbocycles. The summed E-state index contributed by atoms with van der Waals surface area (Å²) in [5.41, 5.74) is 3.92. The van der Waals surface area contributed by atoms with Gasteiger partial charge in [-0.05, 0) is 36.6 Å². The number of anilines is 1. The summed E-state index contributed by atoms with van der Waals surface area (Å²) in [7, 11) is 0. The Morgan fingerprint density at radius 2 is 1.90 bits per heavy atom. The summed E-state index contributed by atoms with van der Waals surface area (Å²) in [4.78, 5) is 4.63. The third-order valence-corrected chi connectivity index (χ3v) is 4.15. The number of hydrogen-bond acceptors (Lipinski definition) is 3. The Morgan fingerprint density at radius 3 is 2.70 bits per heavy atom. The van der Waals surface area contributed by atoms with Crippen molar-refractivity contribution >= 4 is 17.6 Å². The lowest BCUT2D eigenvalue weighted by molar-refractivity contribution is 0.965. The number of hydrogen-bond donors (Lipinski definition) is 1. The number of nitrogens with zero attached hydrogens (tertiary/aromatic N) is 1. The maximum atomic E-state index is 4.63. The summed E-state index contributed by atoms with van der Waals surface area (Å²) in [6.45, 7) is 5.31. The second-order valence-electron chi connectivity index (χ2n) is 4.86. The first-order chi connectivity index (χ1) is 9.79. The Hall–Kier alpha value is -1.48. The zero-order chi connectivity index (χ0) is 14.2. The molecule has 0 fully saturated rings. The highest BCUT2D eigenvalue weighted by atomic mass is 32.2.